The van der Waals surface area contributed by atoms with Crippen LogP contribution in [0.1, 0.15) is 43.5 Å². The Balaban J connectivity index is 1.45. The zero-order valence-electron chi connectivity index (χ0n) is 15.2. The van der Waals surface area contributed by atoms with E-state index < -0.39 is 0 Å². The van der Waals surface area contributed by atoms with Gasteiger partial charge in [-0.2, -0.15) is 0 Å². The molecular formula is C19H24FN5OS. The highest BCUT2D eigenvalue weighted by Gasteiger charge is 2.14. The van der Waals surface area contributed by atoms with Gasteiger partial charge in [0.05, 0.1) is 5.75 Å². The lowest BCUT2D eigenvalue weighted by Gasteiger charge is -2.12. The van der Waals surface area contributed by atoms with Crippen molar-refractivity contribution in [3.05, 3.63) is 53.1 Å². The van der Waals surface area contributed by atoms with Gasteiger partial charge in [0.1, 0.15) is 5.82 Å². The summed E-state index contributed by atoms with van der Waals surface area (Å²) in [5.74, 6) is 6.30. The first-order chi connectivity index (χ1) is 13.1. The van der Waals surface area contributed by atoms with E-state index in [0.717, 1.165) is 19.3 Å². The molecule has 6 nitrogen and oxygen atoms in total. The summed E-state index contributed by atoms with van der Waals surface area (Å²) in [6.07, 6.45) is 8.26. The molecule has 1 aliphatic rings. The quantitative estimate of drug-likeness (QED) is 0.412. The van der Waals surface area contributed by atoms with Crippen molar-refractivity contribution in [3.63, 3.8) is 0 Å². The summed E-state index contributed by atoms with van der Waals surface area (Å²) < 4.78 is 15.1. The Hall–Kier alpha value is -2.35. The average Bonchev–Trinajstić information content (AvgIpc) is 3.02. The second kappa shape index (κ2) is 9.55. The minimum absolute atomic E-state index is 0.0601. The van der Waals surface area contributed by atoms with Gasteiger partial charge in [0.25, 0.3) is 0 Å². The molecule has 3 rings (SSSR count). The monoisotopic (exact) mass is 389 g/mol. The third-order valence-electron chi connectivity index (χ3n) is 4.53. The summed E-state index contributed by atoms with van der Waals surface area (Å²) in [5.41, 5.74) is 1.94. The van der Waals surface area contributed by atoms with Crippen LogP contribution in [0, 0.1) is 5.82 Å². The van der Waals surface area contributed by atoms with E-state index in [4.69, 9.17) is 5.84 Å². The lowest BCUT2D eigenvalue weighted by Crippen LogP contribution is -2.27. The van der Waals surface area contributed by atoms with Crippen molar-refractivity contribution >= 4 is 17.7 Å². The first kappa shape index (κ1) is 19.4. The van der Waals surface area contributed by atoms with Crippen molar-refractivity contribution in [3.8, 4) is 0 Å². The number of nitrogens with two attached hydrogens (primary N) is 1. The maximum atomic E-state index is 13.8. The average molecular weight is 390 g/mol. The minimum atomic E-state index is -0.304. The molecule has 1 aliphatic carbocycles. The lowest BCUT2D eigenvalue weighted by atomic mass is 9.97. The van der Waals surface area contributed by atoms with E-state index in [2.05, 4.69) is 21.6 Å². The van der Waals surface area contributed by atoms with Gasteiger partial charge in [0.15, 0.2) is 5.82 Å². The van der Waals surface area contributed by atoms with Gasteiger partial charge in [-0.1, -0.05) is 41.6 Å². The molecule has 1 aromatic carbocycles. The van der Waals surface area contributed by atoms with Crippen LogP contribution in [-0.4, -0.2) is 33.1 Å². The van der Waals surface area contributed by atoms with Gasteiger partial charge >= 0.3 is 0 Å². The highest BCUT2D eigenvalue weighted by atomic mass is 32.2. The number of nitrogen functional groups attached to an aromatic ring is 1. The second-order valence-corrected chi connectivity index (χ2v) is 7.48. The van der Waals surface area contributed by atoms with Gasteiger partial charge in [-0.3, -0.25) is 4.79 Å². The maximum absolute atomic E-state index is 13.8. The molecule has 0 unspecified atom stereocenters. The van der Waals surface area contributed by atoms with Crippen molar-refractivity contribution in [1.29, 1.82) is 0 Å². The summed E-state index contributed by atoms with van der Waals surface area (Å²) in [7, 11) is 0. The molecule has 8 heteroatoms. The van der Waals surface area contributed by atoms with Crippen LogP contribution in [0.5, 0.6) is 0 Å². The number of rotatable bonds is 8. The van der Waals surface area contributed by atoms with Gasteiger partial charge in [-0.05, 0) is 43.7 Å². The molecule has 27 heavy (non-hydrogen) atoms. The Bertz CT molecular complexity index is 820. The smallest absolute Gasteiger partial charge is 0.230 e. The van der Waals surface area contributed by atoms with E-state index in [1.807, 2.05) is 0 Å². The summed E-state index contributed by atoms with van der Waals surface area (Å²) in [6, 6.07) is 6.48. The van der Waals surface area contributed by atoms with Crippen molar-refractivity contribution < 1.29 is 9.18 Å². The number of nitrogens with zero attached hydrogens (tertiary/aromatic N) is 3. The fraction of sp³-hybridized carbons (Fsp3) is 0.421. The molecule has 1 heterocycles. The third-order valence-corrected chi connectivity index (χ3v) is 5.47. The molecule has 0 radical (unpaired) electrons. The SMILES string of the molecule is Nn1c(Cc2ccccc2F)nnc1SCC(=O)NCCC1=CCCCC1. The van der Waals surface area contributed by atoms with Crippen LogP contribution in [0.15, 0.2) is 41.1 Å². The summed E-state index contributed by atoms with van der Waals surface area (Å²) in [5, 5.41) is 11.4. The zero-order chi connectivity index (χ0) is 19.1. The van der Waals surface area contributed by atoms with E-state index >= 15 is 0 Å². The number of nitrogens with one attached hydrogen (secondary N) is 1. The molecule has 1 amide bonds. The van der Waals surface area contributed by atoms with Gasteiger partial charge in [-0.15, -0.1) is 10.2 Å². The van der Waals surface area contributed by atoms with Crippen molar-refractivity contribution in [2.75, 3.05) is 18.1 Å². The first-order valence-electron chi connectivity index (χ1n) is 9.13. The Labute approximate surface area is 162 Å². The van der Waals surface area contributed by atoms with Gasteiger partial charge < -0.3 is 11.2 Å². The second-order valence-electron chi connectivity index (χ2n) is 6.53. The number of benzene rings is 1. The number of carbonyl (C=O) groups is 1. The first-order valence-corrected chi connectivity index (χ1v) is 10.1. The Kier molecular flexibility index (Phi) is 6.86. The number of allylic oxidation sites excluding steroid dienone is 1. The Morgan fingerprint density at radius 1 is 1.30 bits per heavy atom. The molecule has 0 bridgehead atoms. The van der Waals surface area contributed by atoms with Gasteiger partial charge in [0, 0.05) is 13.0 Å². The van der Waals surface area contributed by atoms with E-state index in [0.29, 0.717) is 23.1 Å². The number of hydrogen-bond acceptors (Lipinski definition) is 5. The number of thioether (sulfide) groups is 1. The van der Waals surface area contributed by atoms with E-state index in [1.165, 1.54) is 40.9 Å². The van der Waals surface area contributed by atoms with Gasteiger partial charge in [0.2, 0.25) is 11.1 Å². The molecule has 0 fully saturated rings. The Morgan fingerprint density at radius 3 is 2.93 bits per heavy atom. The molecule has 3 N–H and O–H groups in total. The lowest BCUT2D eigenvalue weighted by molar-refractivity contribution is -0.118. The molecule has 0 aliphatic heterocycles. The molecular weight excluding hydrogens is 365 g/mol. The minimum Gasteiger partial charge on any atom is -0.355 e. The standard InChI is InChI=1S/C19H24FN5OS/c20-16-9-5-4-8-15(16)12-17-23-24-19(25(17)21)27-13-18(26)22-11-10-14-6-2-1-3-7-14/h4-6,8-9H,1-3,7,10-13,21H2,(H,22,26). The van der Waals surface area contributed by atoms with E-state index in [1.54, 1.807) is 18.2 Å². The topological polar surface area (TPSA) is 85.8 Å². The van der Waals surface area contributed by atoms with Crippen LogP contribution in [-0.2, 0) is 11.2 Å². The highest BCUT2D eigenvalue weighted by molar-refractivity contribution is 7.99. The fourth-order valence-corrected chi connectivity index (χ4v) is 3.72. The van der Waals surface area contributed by atoms with Crippen LogP contribution in [0.4, 0.5) is 4.39 Å². The van der Waals surface area contributed by atoms with Crippen LogP contribution >= 0.6 is 11.8 Å². The Morgan fingerprint density at radius 2 is 2.15 bits per heavy atom. The molecule has 2 aromatic rings. The van der Waals surface area contributed by atoms with Crippen LogP contribution in [0.25, 0.3) is 0 Å². The highest BCUT2D eigenvalue weighted by Crippen LogP contribution is 2.20. The molecule has 0 spiro atoms. The number of amides is 1. The molecule has 1 aromatic heterocycles. The predicted molar refractivity (Wildman–Crippen MR) is 104 cm³/mol. The van der Waals surface area contributed by atoms with Crippen LogP contribution in [0.2, 0.25) is 0 Å². The van der Waals surface area contributed by atoms with Crippen LogP contribution in [0.3, 0.4) is 0 Å². The largest absolute Gasteiger partial charge is 0.355 e. The third kappa shape index (κ3) is 5.56. The summed E-state index contributed by atoms with van der Waals surface area (Å²) in [6.45, 7) is 0.652. The normalized spacial score (nSPS) is 14.0. The maximum Gasteiger partial charge on any atom is 0.230 e. The fourth-order valence-electron chi connectivity index (χ4n) is 3.01. The summed E-state index contributed by atoms with van der Waals surface area (Å²) in [4.78, 5) is 12.0. The van der Waals surface area contributed by atoms with Gasteiger partial charge in [-0.25, -0.2) is 9.07 Å². The molecule has 0 saturated carbocycles. The number of aromatic nitrogens is 3. The molecule has 144 valence electrons. The number of halogens is 1. The zero-order valence-corrected chi connectivity index (χ0v) is 16.0. The van der Waals surface area contributed by atoms with Crippen molar-refractivity contribution in [2.45, 2.75) is 43.7 Å². The molecule has 0 atom stereocenters. The van der Waals surface area contributed by atoms with Crippen LogP contribution < -0.4 is 11.2 Å². The van der Waals surface area contributed by atoms with E-state index in [9.17, 15) is 9.18 Å². The number of carbonyl (C=O) groups excluding carboxylic acids is 1. The summed E-state index contributed by atoms with van der Waals surface area (Å²) >= 11 is 1.22. The predicted octanol–water partition coefficient (Wildman–Crippen LogP) is 2.82. The molecule has 0 saturated heterocycles. The van der Waals surface area contributed by atoms with Crippen molar-refractivity contribution in [1.82, 2.24) is 20.2 Å². The van der Waals surface area contributed by atoms with E-state index in [-0.39, 0.29) is 23.9 Å². The van der Waals surface area contributed by atoms with Crippen molar-refractivity contribution in [2.24, 2.45) is 0 Å². The number of hydrogen-bond donors (Lipinski definition) is 2.